The summed E-state index contributed by atoms with van der Waals surface area (Å²) in [4.78, 5) is 14.3. The van der Waals surface area contributed by atoms with Crippen LogP contribution in [0.15, 0.2) is 47.1 Å². The van der Waals surface area contributed by atoms with Gasteiger partial charge in [-0.15, -0.1) is 10.2 Å². The van der Waals surface area contributed by atoms with Crippen LogP contribution in [0.2, 0.25) is 0 Å². The number of ether oxygens (including phenoxy) is 1. The molecule has 0 bridgehead atoms. The van der Waals surface area contributed by atoms with Crippen LogP contribution < -0.4 is 4.74 Å². The van der Waals surface area contributed by atoms with Gasteiger partial charge in [0.25, 0.3) is 5.91 Å². The summed E-state index contributed by atoms with van der Waals surface area (Å²) in [5.41, 5.74) is -0.414. The van der Waals surface area contributed by atoms with Crippen LogP contribution in [-0.4, -0.2) is 45.1 Å². The number of carbonyl (C=O) groups excluding carboxylic acids is 1. The third-order valence-corrected chi connectivity index (χ3v) is 5.60. The Morgan fingerprint density at radius 3 is 2.67 bits per heavy atom. The van der Waals surface area contributed by atoms with Crippen molar-refractivity contribution in [2.75, 3.05) is 19.7 Å². The fourth-order valence-corrected chi connectivity index (χ4v) is 3.80. The number of rotatable bonds is 4. The normalized spacial score (nSPS) is 17.3. The number of aromatic nitrogens is 3. The Bertz CT molecular complexity index is 1050. The lowest BCUT2D eigenvalue weighted by Crippen LogP contribution is -2.42. The van der Waals surface area contributed by atoms with Gasteiger partial charge in [-0.2, -0.15) is 13.2 Å². The highest BCUT2D eigenvalue weighted by Gasteiger charge is 2.32. The van der Waals surface area contributed by atoms with E-state index in [0.717, 1.165) is 23.2 Å². The van der Waals surface area contributed by atoms with Crippen LogP contribution in [0.25, 0.3) is 5.65 Å². The molecular formula is C20H18BrF3N4O2. The number of likely N-dealkylation sites (tertiary alicyclic amines) is 1. The first kappa shape index (κ1) is 20.6. The van der Waals surface area contributed by atoms with Crippen LogP contribution in [0.1, 0.15) is 30.1 Å². The smallest absolute Gasteiger partial charge is 0.417 e. The number of fused-ring (bicyclic) bond motifs is 1. The van der Waals surface area contributed by atoms with Crippen molar-refractivity contribution in [2.45, 2.75) is 24.9 Å². The molecule has 4 rings (SSSR count). The average Bonchev–Trinajstić information content (AvgIpc) is 3.16. The molecule has 1 fully saturated rings. The number of nitrogens with zero attached hydrogens (tertiary/aromatic N) is 4. The van der Waals surface area contributed by atoms with Crippen molar-refractivity contribution in [1.82, 2.24) is 19.5 Å². The van der Waals surface area contributed by atoms with Gasteiger partial charge in [0.15, 0.2) is 12.3 Å². The van der Waals surface area contributed by atoms with Crippen molar-refractivity contribution in [3.63, 3.8) is 0 Å². The van der Waals surface area contributed by atoms with Gasteiger partial charge in [-0.05, 0) is 49.2 Å². The molecule has 10 heteroatoms. The van der Waals surface area contributed by atoms with E-state index in [9.17, 15) is 18.0 Å². The predicted molar refractivity (Wildman–Crippen MR) is 106 cm³/mol. The molecule has 1 saturated heterocycles. The number of halogens is 4. The Labute approximate surface area is 178 Å². The Balaban J connectivity index is 1.47. The minimum absolute atomic E-state index is 0.104. The van der Waals surface area contributed by atoms with Gasteiger partial charge in [0.1, 0.15) is 11.6 Å². The SMILES string of the molecule is O=C(COc1ccc(Br)cc1)N1CCC[C@@H](c2nnc3ccc(C(F)(F)F)cn23)C1. The summed E-state index contributed by atoms with van der Waals surface area (Å²) in [6, 6.07) is 9.46. The average molecular weight is 483 g/mol. The molecule has 1 amide bonds. The molecule has 1 aliphatic heterocycles. The second kappa shape index (κ2) is 8.25. The fourth-order valence-electron chi connectivity index (χ4n) is 3.54. The van der Waals surface area contributed by atoms with Crippen LogP contribution in [0.3, 0.4) is 0 Å². The molecule has 0 unspecified atom stereocenters. The molecule has 1 aliphatic rings. The highest BCUT2D eigenvalue weighted by molar-refractivity contribution is 9.10. The molecule has 3 aromatic rings. The molecule has 6 nitrogen and oxygen atoms in total. The first-order chi connectivity index (χ1) is 14.3. The van der Waals surface area contributed by atoms with Crippen molar-refractivity contribution in [2.24, 2.45) is 0 Å². The number of amides is 1. The molecule has 1 atom stereocenters. The van der Waals surface area contributed by atoms with Crippen LogP contribution in [0.5, 0.6) is 5.75 Å². The number of pyridine rings is 1. The summed E-state index contributed by atoms with van der Waals surface area (Å²) in [5.74, 6) is 0.645. The molecule has 2 aromatic heterocycles. The number of alkyl halides is 3. The fraction of sp³-hybridized carbons (Fsp3) is 0.350. The van der Waals surface area contributed by atoms with Gasteiger partial charge in [0.2, 0.25) is 0 Å². The second-order valence-electron chi connectivity index (χ2n) is 7.12. The van der Waals surface area contributed by atoms with Crippen molar-refractivity contribution >= 4 is 27.5 Å². The topological polar surface area (TPSA) is 59.7 Å². The minimum atomic E-state index is -4.45. The molecule has 158 valence electrons. The van der Waals surface area contributed by atoms with E-state index < -0.39 is 11.7 Å². The van der Waals surface area contributed by atoms with Gasteiger partial charge in [0, 0.05) is 29.7 Å². The minimum Gasteiger partial charge on any atom is -0.484 e. The zero-order chi connectivity index (χ0) is 21.3. The van der Waals surface area contributed by atoms with Crippen LogP contribution in [0.4, 0.5) is 13.2 Å². The molecule has 0 spiro atoms. The van der Waals surface area contributed by atoms with E-state index in [1.54, 1.807) is 17.0 Å². The third kappa shape index (κ3) is 4.43. The molecule has 0 N–H and O–H groups in total. The van der Waals surface area contributed by atoms with Gasteiger partial charge < -0.3 is 9.64 Å². The van der Waals surface area contributed by atoms with Gasteiger partial charge in [-0.1, -0.05) is 15.9 Å². The molecule has 0 radical (unpaired) electrons. The lowest BCUT2D eigenvalue weighted by molar-refractivity contribution is -0.138. The quantitative estimate of drug-likeness (QED) is 0.556. The van der Waals surface area contributed by atoms with Gasteiger partial charge in [0.05, 0.1) is 5.56 Å². The molecule has 3 heterocycles. The van der Waals surface area contributed by atoms with E-state index in [1.165, 1.54) is 10.5 Å². The van der Waals surface area contributed by atoms with Crippen LogP contribution in [0, 0.1) is 0 Å². The van der Waals surface area contributed by atoms with E-state index in [2.05, 4.69) is 26.1 Å². The first-order valence-electron chi connectivity index (χ1n) is 9.39. The van der Waals surface area contributed by atoms with E-state index in [1.807, 2.05) is 12.1 Å². The van der Waals surface area contributed by atoms with E-state index in [0.29, 0.717) is 36.7 Å². The zero-order valence-electron chi connectivity index (χ0n) is 15.8. The third-order valence-electron chi connectivity index (χ3n) is 5.07. The molecule has 0 saturated carbocycles. The standard InChI is InChI=1S/C20H18BrF3N4O2/c21-15-4-6-16(7-5-15)30-12-18(29)27-9-1-2-13(10-27)19-26-25-17-8-3-14(11-28(17)19)20(22,23)24/h3-8,11,13H,1-2,9-10,12H2/t13-/m1/s1. The highest BCUT2D eigenvalue weighted by atomic mass is 79.9. The molecular weight excluding hydrogens is 465 g/mol. The maximum atomic E-state index is 13.1. The van der Waals surface area contributed by atoms with Gasteiger partial charge in [-0.3, -0.25) is 9.20 Å². The summed E-state index contributed by atoms with van der Waals surface area (Å²) in [6.45, 7) is 0.830. The predicted octanol–water partition coefficient (Wildman–Crippen LogP) is 4.30. The van der Waals surface area contributed by atoms with Crippen molar-refractivity contribution in [3.8, 4) is 5.75 Å². The number of piperidine rings is 1. The van der Waals surface area contributed by atoms with Crippen LogP contribution >= 0.6 is 15.9 Å². The molecule has 1 aromatic carbocycles. The molecule has 30 heavy (non-hydrogen) atoms. The first-order valence-corrected chi connectivity index (χ1v) is 10.2. The van der Waals surface area contributed by atoms with Crippen molar-refractivity contribution < 1.29 is 22.7 Å². The van der Waals surface area contributed by atoms with Crippen molar-refractivity contribution in [1.29, 1.82) is 0 Å². The number of carbonyl (C=O) groups is 1. The van der Waals surface area contributed by atoms with E-state index in [4.69, 9.17) is 4.74 Å². The zero-order valence-corrected chi connectivity index (χ0v) is 17.4. The molecule has 0 aliphatic carbocycles. The maximum Gasteiger partial charge on any atom is 0.417 e. The highest BCUT2D eigenvalue weighted by Crippen LogP contribution is 2.31. The number of hydrogen-bond acceptors (Lipinski definition) is 4. The van der Waals surface area contributed by atoms with Crippen molar-refractivity contribution in [3.05, 3.63) is 58.5 Å². The summed E-state index contributed by atoms with van der Waals surface area (Å²) in [7, 11) is 0. The van der Waals surface area contributed by atoms with E-state index in [-0.39, 0.29) is 18.4 Å². The lowest BCUT2D eigenvalue weighted by atomic mass is 9.97. The monoisotopic (exact) mass is 482 g/mol. The lowest BCUT2D eigenvalue weighted by Gasteiger charge is -2.32. The second-order valence-corrected chi connectivity index (χ2v) is 8.04. The Morgan fingerprint density at radius 1 is 1.17 bits per heavy atom. The Hall–Kier alpha value is -2.62. The van der Waals surface area contributed by atoms with Gasteiger partial charge in [-0.25, -0.2) is 0 Å². The van der Waals surface area contributed by atoms with Crippen LogP contribution in [-0.2, 0) is 11.0 Å². The largest absolute Gasteiger partial charge is 0.484 e. The number of hydrogen-bond donors (Lipinski definition) is 0. The summed E-state index contributed by atoms with van der Waals surface area (Å²) in [5, 5.41) is 8.09. The number of benzene rings is 1. The Morgan fingerprint density at radius 2 is 1.93 bits per heavy atom. The summed E-state index contributed by atoms with van der Waals surface area (Å²) in [6.07, 6.45) is -1.99. The van der Waals surface area contributed by atoms with E-state index >= 15 is 0 Å². The maximum absolute atomic E-state index is 13.1. The van der Waals surface area contributed by atoms with Gasteiger partial charge >= 0.3 is 6.18 Å². The summed E-state index contributed by atoms with van der Waals surface area (Å²) < 4.78 is 47.1. The Kier molecular flexibility index (Phi) is 5.68. The summed E-state index contributed by atoms with van der Waals surface area (Å²) >= 11 is 3.34.